The number of hydrogen-bond acceptors (Lipinski definition) is 2. The Bertz CT molecular complexity index is 716. The van der Waals surface area contributed by atoms with Crippen molar-refractivity contribution in [1.29, 1.82) is 0 Å². The fourth-order valence-corrected chi connectivity index (χ4v) is 3.69. The van der Waals surface area contributed by atoms with Crippen LogP contribution in [0.5, 0.6) is 0 Å². The molecule has 0 unspecified atom stereocenters. The predicted octanol–water partition coefficient (Wildman–Crippen LogP) is 4.17. The maximum Gasteiger partial charge on any atom is 0.251 e. The lowest BCUT2D eigenvalue weighted by Crippen LogP contribution is -2.41. The van der Waals surface area contributed by atoms with Crippen LogP contribution in [0, 0.1) is 13.8 Å². The second-order valence-electron chi connectivity index (χ2n) is 7.11. The zero-order valence-electron chi connectivity index (χ0n) is 15.2. The number of carbonyl (C=O) groups excluding carboxylic acids is 1. The Hall–Kier alpha value is -2.13. The molecule has 1 aliphatic rings. The third kappa shape index (κ3) is 4.10. The van der Waals surface area contributed by atoms with Crippen LogP contribution in [0.15, 0.2) is 48.5 Å². The number of ether oxygens (including phenoxy) is 1. The van der Waals surface area contributed by atoms with Gasteiger partial charge in [-0.1, -0.05) is 48.0 Å². The smallest absolute Gasteiger partial charge is 0.251 e. The van der Waals surface area contributed by atoms with E-state index in [1.165, 1.54) is 5.56 Å². The zero-order valence-corrected chi connectivity index (χ0v) is 15.2. The summed E-state index contributed by atoms with van der Waals surface area (Å²) in [5, 5.41) is 3.21. The van der Waals surface area contributed by atoms with Gasteiger partial charge in [-0.05, 0) is 50.3 Å². The number of hydrogen-bond donors (Lipinski definition) is 1. The molecule has 1 N–H and O–H groups in total. The first-order valence-electron chi connectivity index (χ1n) is 9.09. The van der Waals surface area contributed by atoms with E-state index in [2.05, 4.69) is 29.6 Å². The molecule has 0 spiro atoms. The average Bonchev–Trinajstić information content (AvgIpc) is 2.89. The average molecular weight is 337 g/mol. The topological polar surface area (TPSA) is 38.3 Å². The summed E-state index contributed by atoms with van der Waals surface area (Å²) in [5.41, 5.74) is 4.14. The molecule has 0 aliphatic carbocycles. The lowest BCUT2D eigenvalue weighted by Gasteiger charge is -2.33. The lowest BCUT2D eigenvalue weighted by atomic mass is 9.74. The summed E-state index contributed by atoms with van der Waals surface area (Å²) < 4.78 is 5.68. The molecular weight excluding hydrogens is 310 g/mol. The highest BCUT2D eigenvalue weighted by molar-refractivity contribution is 5.95. The number of nitrogens with one attached hydrogen (secondary N) is 1. The van der Waals surface area contributed by atoms with E-state index in [4.69, 9.17) is 4.74 Å². The Balaban J connectivity index is 1.81. The Kier molecular flexibility index (Phi) is 5.54. The van der Waals surface area contributed by atoms with E-state index in [9.17, 15) is 4.79 Å². The van der Waals surface area contributed by atoms with Crippen molar-refractivity contribution in [1.82, 2.24) is 5.32 Å². The first-order valence-corrected chi connectivity index (χ1v) is 9.09. The van der Waals surface area contributed by atoms with E-state index in [0.29, 0.717) is 6.54 Å². The van der Waals surface area contributed by atoms with Gasteiger partial charge in [0, 0.05) is 30.7 Å². The van der Waals surface area contributed by atoms with Gasteiger partial charge in [0.2, 0.25) is 0 Å². The molecule has 0 saturated carbocycles. The summed E-state index contributed by atoms with van der Waals surface area (Å²) in [7, 11) is 0. The second-order valence-corrected chi connectivity index (χ2v) is 7.11. The van der Waals surface area contributed by atoms with Crippen LogP contribution in [0.3, 0.4) is 0 Å². The van der Waals surface area contributed by atoms with E-state index in [1.54, 1.807) is 0 Å². The first-order chi connectivity index (χ1) is 12.1. The van der Waals surface area contributed by atoms with Gasteiger partial charge in [0.05, 0.1) is 0 Å². The molecule has 1 heterocycles. The van der Waals surface area contributed by atoms with Crippen molar-refractivity contribution in [3.05, 3.63) is 70.8 Å². The third-order valence-corrected chi connectivity index (χ3v) is 5.28. The monoisotopic (exact) mass is 337 g/mol. The van der Waals surface area contributed by atoms with Crippen LogP contribution in [0.1, 0.15) is 46.3 Å². The SMILES string of the molecule is Cc1ccc(C)c(C(=O)NC[C@@]2(c3ccccc3)CCCOCC2)c1. The highest BCUT2D eigenvalue weighted by Gasteiger charge is 2.33. The van der Waals surface area contributed by atoms with Crippen LogP contribution in [-0.2, 0) is 10.2 Å². The summed E-state index contributed by atoms with van der Waals surface area (Å²) in [5.74, 6) is 0.0154. The van der Waals surface area contributed by atoms with E-state index < -0.39 is 0 Å². The first kappa shape index (κ1) is 17.7. The van der Waals surface area contributed by atoms with Crippen LogP contribution in [-0.4, -0.2) is 25.7 Å². The van der Waals surface area contributed by atoms with Crippen molar-refractivity contribution < 1.29 is 9.53 Å². The molecule has 1 atom stereocenters. The van der Waals surface area contributed by atoms with Crippen LogP contribution in [0.25, 0.3) is 0 Å². The lowest BCUT2D eigenvalue weighted by molar-refractivity contribution is 0.0936. The van der Waals surface area contributed by atoms with Gasteiger partial charge in [0.25, 0.3) is 5.91 Å². The zero-order chi connectivity index (χ0) is 17.7. The van der Waals surface area contributed by atoms with Crippen LogP contribution in [0.2, 0.25) is 0 Å². The van der Waals surface area contributed by atoms with Gasteiger partial charge in [-0.3, -0.25) is 4.79 Å². The number of amides is 1. The molecule has 3 rings (SSSR count). The van der Waals surface area contributed by atoms with E-state index >= 15 is 0 Å². The van der Waals surface area contributed by atoms with E-state index in [1.807, 2.05) is 38.1 Å². The Morgan fingerprint density at radius 3 is 2.68 bits per heavy atom. The van der Waals surface area contributed by atoms with E-state index in [-0.39, 0.29) is 11.3 Å². The Morgan fingerprint density at radius 1 is 1.08 bits per heavy atom. The standard InChI is InChI=1S/C22H27NO2/c1-17-9-10-18(2)20(15-17)21(24)23-16-22(11-6-13-25-14-12-22)19-7-4-3-5-8-19/h3-5,7-10,15H,6,11-14,16H2,1-2H3,(H,23,24)/t22-/m1/s1. The fourth-order valence-electron chi connectivity index (χ4n) is 3.69. The molecule has 132 valence electrons. The number of carbonyl (C=O) groups is 1. The fraction of sp³-hybridized carbons (Fsp3) is 0.409. The highest BCUT2D eigenvalue weighted by atomic mass is 16.5. The van der Waals surface area contributed by atoms with Gasteiger partial charge in [-0.2, -0.15) is 0 Å². The number of benzene rings is 2. The van der Waals surface area contributed by atoms with Gasteiger partial charge in [0.15, 0.2) is 0 Å². The summed E-state index contributed by atoms with van der Waals surface area (Å²) in [6.07, 6.45) is 2.99. The molecule has 1 amide bonds. The summed E-state index contributed by atoms with van der Waals surface area (Å²) >= 11 is 0. The maximum atomic E-state index is 12.8. The summed E-state index contributed by atoms with van der Waals surface area (Å²) in [6.45, 7) is 6.20. The summed E-state index contributed by atoms with van der Waals surface area (Å²) in [6, 6.07) is 16.6. The van der Waals surface area contributed by atoms with Crippen molar-refractivity contribution in [3.63, 3.8) is 0 Å². The van der Waals surface area contributed by atoms with Gasteiger partial charge in [0.1, 0.15) is 0 Å². The Morgan fingerprint density at radius 2 is 1.88 bits per heavy atom. The van der Waals surface area contributed by atoms with Crippen molar-refractivity contribution >= 4 is 5.91 Å². The van der Waals surface area contributed by atoms with Crippen LogP contribution in [0.4, 0.5) is 0 Å². The minimum absolute atomic E-state index is 0.0154. The van der Waals surface area contributed by atoms with Gasteiger partial charge < -0.3 is 10.1 Å². The molecule has 1 saturated heterocycles. The van der Waals surface area contributed by atoms with E-state index in [0.717, 1.165) is 49.2 Å². The molecule has 0 bridgehead atoms. The predicted molar refractivity (Wildman–Crippen MR) is 101 cm³/mol. The second kappa shape index (κ2) is 7.83. The Labute approximate surface area is 150 Å². The highest BCUT2D eigenvalue weighted by Crippen LogP contribution is 2.34. The molecule has 3 nitrogen and oxygen atoms in total. The quantitative estimate of drug-likeness (QED) is 0.909. The molecular formula is C22H27NO2. The molecule has 0 radical (unpaired) electrons. The van der Waals surface area contributed by atoms with Gasteiger partial charge in [-0.15, -0.1) is 0 Å². The maximum absolute atomic E-state index is 12.8. The molecule has 3 heteroatoms. The minimum Gasteiger partial charge on any atom is -0.381 e. The van der Waals surface area contributed by atoms with Crippen LogP contribution < -0.4 is 5.32 Å². The number of rotatable bonds is 4. The molecule has 25 heavy (non-hydrogen) atoms. The van der Waals surface area contributed by atoms with Crippen LogP contribution >= 0.6 is 0 Å². The largest absolute Gasteiger partial charge is 0.381 e. The number of aryl methyl sites for hydroxylation is 2. The van der Waals surface area contributed by atoms with Crippen molar-refractivity contribution in [2.75, 3.05) is 19.8 Å². The van der Waals surface area contributed by atoms with Gasteiger partial charge >= 0.3 is 0 Å². The van der Waals surface area contributed by atoms with Crippen molar-refractivity contribution in [2.24, 2.45) is 0 Å². The van der Waals surface area contributed by atoms with Crippen molar-refractivity contribution in [2.45, 2.75) is 38.5 Å². The molecule has 2 aromatic rings. The van der Waals surface area contributed by atoms with Crippen molar-refractivity contribution in [3.8, 4) is 0 Å². The minimum atomic E-state index is -0.0504. The molecule has 1 aliphatic heterocycles. The molecule has 0 aromatic heterocycles. The summed E-state index contributed by atoms with van der Waals surface area (Å²) in [4.78, 5) is 12.8. The molecule has 2 aromatic carbocycles. The van der Waals surface area contributed by atoms with Gasteiger partial charge in [-0.25, -0.2) is 0 Å². The third-order valence-electron chi connectivity index (χ3n) is 5.28. The molecule has 1 fully saturated rings. The normalized spacial score (nSPS) is 20.7.